The van der Waals surface area contributed by atoms with E-state index in [4.69, 9.17) is 4.74 Å². The molecule has 0 fully saturated rings. The van der Waals surface area contributed by atoms with Crippen molar-refractivity contribution >= 4 is 17.2 Å². The number of carbonyl (C=O) groups is 1. The zero-order valence-corrected chi connectivity index (χ0v) is 14.0. The van der Waals surface area contributed by atoms with E-state index in [-0.39, 0.29) is 12.5 Å². The summed E-state index contributed by atoms with van der Waals surface area (Å²) in [4.78, 5) is 42.4. The Bertz CT molecular complexity index is 821. The standard InChI is InChI=1S/C14H18N4O4S/c1-8-5-18(14(21)17-13(8)20)6-11(19)15-4-10-9(2)16-12(23-10)7-22-3/h5H,4,6-7H2,1-3H3,(H,15,19)(H,17,20,21). The molecule has 2 rings (SSSR count). The lowest BCUT2D eigenvalue weighted by Gasteiger charge is -2.07. The van der Waals surface area contributed by atoms with Crippen molar-refractivity contribution in [1.82, 2.24) is 19.9 Å². The highest BCUT2D eigenvalue weighted by Crippen LogP contribution is 2.18. The summed E-state index contributed by atoms with van der Waals surface area (Å²) in [5.74, 6) is -0.320. The highest BCUT2D eigenvalue weighted by Gasteiger charge is 2.10. The molecule has 0 aliphatic carbocycles. The van der Waals surface area contributed by atoms with Gasteiger partial charge in [-0.25, -0.2) is 9.78 Å². The van der Waals surface area contributed by atoms with Crippen LogP contribution in [0.2, 0.25) is 0 Å². The molecule has 0 aliphatic rings. The molecule has 2 N–H and O–H groups in total. The van der Waals surface area contributed by atoms with Crippen LogP contribution in [0.4, 0.5) is 0 Å². The van der Waals surface area contributed by atoms with Crippen LogP contribution in [0.15, 0.2) is 15.8 Å². The number of ether oxygens (including phenoxy) is 1. The van der Waals surface area contributed by atoms with E-state index in [0.717, 1.165) is 15.6 Å². The first-order valence-electron chi connectivity index (χ1n) is 6.92. The van der Waals surface area contributed by atoms with Gasteiger partial charge in [-0.1, -0.05) is 0 Å². The summed E-state index contributed by atoms with van der Waals surface area (Å²) < 4.78 is 6.20. The monoisotopic (exact) mass is 338 g/mol. The van der Waals surface area contributed by atoms with Crippen molar-refractivity contribution < 1.29 is 9.53 Å². The topological polar surface area (TPSA) is 106 Å². The van der Waals surface area contributed by atoms with Gasteiger partial charge >= 0.3 is 5.69 Å². The SMILES string of the molecule is COCc1nc(C)c(CNC(=O)Cn2cc(C)c(=O)[nH]c2=O)s1. The second-order valence-corrected chi connectivity index (χ2v) is 6.19. The van der Waals surface area contributed by atoms with Crippen LogP contribution in [0.1, 0.15) is 21.1 Å². The molecule has 1 amide bonds. The molecule has 2 aromatic rings. The van der Waals surface area contributed by atoms with E-state index < -0.39 is 11.2 Å². The van der Waals surface area contributed by atoms with Crippen molar-refractivity contribution in [2.24, 2.45) is 0 Å². The quantitative estimate of drug-likeness (QED) is 0.775. The number of H-pyrrole nitrogens is 1. The van der Waals surface area contributed by atoms with Crippen LogP contribution in [0.25, 0.3) is 0 Å². The van der Waals surface area contributed by atoms with E-state index in [1.807, 2.05) is 6.92 Å². The molecule has 23 heavy (non-hydrogen) atoms. The number of carbonyl (C=O) groups excluding carboxylic acids is 1. The average molecular weight is 338 g/mol. The third kappa shape index (κ3) is 4.36. The third-order valence-electron chi connectivity index (χ3n) is 3.15. The van der Waals surface area contributed by atoms with E-state index in [0.29, 0.717) is 18.7 Å². The highest BCUT2D eigenvalue weighted by molar-refractivity contribution is 7.11. The predicted molar refractivity (Wildman–Crippen MR) is 85.5 cm³/mol. The molecule has 0 bridgehead atoms. The maximum atomic E-state index is 12.0. The van der Waals surface area contributed by atoms with Crippen LogP contribution >= 0.6 is 11.3 Å². The average Bonchev–Trinajstić information content (AvgIpc) is 2.83. The van der Waals surface area contributed by atoms with Crippen molar-refractivity contribution in [2.45, 2.75) is 33.5 Å². The zero-order valence-electron chi connectivity index (χ0n) is 13.1. The molecule has 0 aromatic carbocycles. The van der Waals surface area contributed by atoms with E-state index in [1.54, 1.807) is 14.0 Å². The molecule has 0 spiro atoms. The summed E-state index contributed by atoms with van der Waals surface area (Å²) in [6, 6.07) is 0. The zero-order chi connectivity index (χ0) is 17.0. The minimum absolute atomic E-state index is 0.154. The van der Waals surface area contributed by atoms with Crippen molar-refractivity contribution in [1.29, 1.82) is 0 Å². The number of aromatic nitrogens is 3. The molecular weight excluding hydrogens is 320 g/mol. The van der Waals surface area contributed by atoms with E-state index >= 15 is 0 Å². The molecule has 0 atom stereocenters. The largest absolute Gasteiger partial charge is 0.378 e. The first-order valence-corrected chi connectivity index (χ1v) is 7.73. The molecule has 0 radical (unpaired) electrons. The normalized spacial score (nSPS) is 10.7. The van der Waals surface area contributed by atoms with Crippen LogP contribution in [-0.2, 0) is 29.2 Å². The van der Waals surface area contributed by atoms with Crippen LogP contribution < -0.4 is 16.6 Å². The number of thiazole rings is 1. The van der Waals surface area contributed by atoms with Crippen LogP contribution in [0.5, 0.6) is 0 Å². The lowest BCUT2D eigenvalue weighted by atomic mass is 10.3. The molecule has 9 heteroatoms. The highest BCUT2D eigenvalue weighted by atomic mass is 32.1. The van der Waals surface area contributed by atoms with Gasteiger partial charge in [-0.05, 0) is 13.8 Å². The van der Waals surface area contributed by atoms with Gasteiger partial charge in [-0.15, -0.1) is 11.3 Å². The van der Waals surface area contributed by atoms with Gasteiger partial charge in [0.15, 0.2) is 0 Å². The van der Waals surface area contributed by atoms with Gasteiger partial charge in [-0.3, -0.25) is 19.1 Å². The Morgan fingerprint density at radius 1 is 1.43 bits per heavy atom. The van der Waals surface area contributed by atoms with Crippen LogP contribution in [-0.4, -0.2) is 27.6 Å². The van der Waals surface area contributed by atoms with Gasteiger partial charge in [0.1, 0.15) is 11.6 Å². The Balaban J connectivity index is 1.99. The molecule has 0 saturated carbocycles. The number of amides is 1. The fraction of sp³-hybridized carbons (Fsp3) is 0.429. The Labute approximate surface area is 136 Å². The Morgan fingerprint density at radius 2 is 2.17 bits per heavy atom. The number of methoxy groups -OCH3 is 1. The Hall–Kier alpha value is -2.26. The van der Waals surface area contributed by atoms with Gasteiger partial charge in [0, 0.05) is 23.7 Å². The number of hydrogen-bond acceptors (Lipinski definition) is 6. The number of rotatable bonds is 6. The molecule has 2 heterocycles. The Kier molecular flexibility index (Phi) is 5.45. The number of nitrogens with zero attached hydrogens (tertiary/aromatic N) is 2. The van der Waals surface area contributed by atoms with Crippen molar-refractivity contribution in [3.8, 4) is 0 Å². The molecule has 0 saturated heterocycles. The first kappa shape index (κ1) is 17.1. The first-order chi connectivity index (χ1) is 10.9. The lowest BCUT2D eigenvalue weighted by Crippen LogP contribution is -2.36. The van der Waals surface area contributed by atoms with Gasteiger partial charge in [0.2, 0.25) is 5.91 Å². The number of nitrogens with one attached hydrogen (secondary N) is 2. The van der Waals surface area contributed by atoms with Crippen molar-refractivity contribution in [3.63, 3.8) is 0 Å². The second-order valence-electron chi connectivity index (χ2n) is 5.03. The van der Waals surface area contributed by atoms with Crippen molar-refractivity contribution in [3.05, 3.63) is 48.2 Å². The van der Waals surface area contributed by atoms with E-state index in [1.165, 1.54) is 22.1 Å². The Morgan fingerprint density at radius 3 is 2.87 bits per heavy atom. The second kappa shape index (κ2) is 7.34. The number of aromatic amines is 1. The number of aryl methyl sites for hydroxylation is 2. The summed E-state index contributed by atoms with van der Waals surface area (Å²) in [5.41, 5.74) is 0.170. The number of hydrogen-bond donors (Lipinski definition) is 2. The lowest BCUT2D eigenvalue weighted by molar-refractivity contribution is -0.121. The van der Waals surface area contributed by atoms with Crippen molar-refractivity contribution in [2.75, 3.05) is 7.11 Å². The van der Waals surface area contributed by atoms with Gasteiger partial charge in [0.25, 0.3) is 5.56 Å². The fourth-order valence-corrected chi connectivity index (χ4v) is 2.94. The minimum atomic E-state index is -0.605. The summed E-state index contributed by atoms with van der Waals surface area (Å²) in [5, 5.41) is 3.59. The van der Waals surface area contributed by atoms with Crippen LogP contribution in [0, 0.1) is 13.8 Å². The van der Waals surface area contributed by atoms with Crippen LogP contribution in [0.3, 0.4) is 0 Å². The predicted octanol–water partition coefficient (Wildman–Crippen LogP) is 0.0727. The maximum Gasteiger partial charge on any atom is 0.328 e. The van der Waals surface area contributed by atoms with E-state index in [2.05, 4.69) is 15.3 Å². The molecule has 8 nitrogen and oxygen atoms in total. The summed E-state index contributed by atoms with van der Waals surface area (Å²) in [7, 11) is 1.60. The summed E-state index contributed by atoms with van der Waals surface area (Å²) >= 11 is 1.47. The van der Waals surface area contributed by atoms with Gasteiger partial charge in [-0.2, -0.15) is 0 Å². The van der Waals surface area contributed by atoms with Gasteiger partial charge in [0.05, 0.1) is 18.8 Å². The molecular formula is C14H18N4O4S. The van der Waals surface area contributed by atoms with Gasteiger partial charge < -0.3 is 10.1 Å². The summed E-state index contributed by atoms with van der Waals surface area (Å²) in [6.45, 7) is 4.06. The fourth-order valence-electron chi connectivity index (χ4n) is 1.96. The molecule has 0 unspecified atom stereocenters. The smallest absolute Gasteiger partial charge is 0.328 e. The maximum absolute atomic E-state index is 12.0. The minimum Gasteiger partial charge on any atom is -0.378 e. The molecule has 124 valence electrons. The molecule has 0 aliphatic heterocycles. The van der Waals surface area contributed by atoms with E-state index in [9.17, 15) is 14.4 Å². The third-order valence-corrected chi connectivity index (χ3v) is 4.28. The summed E-state index contributed by atoms with van der Waals surface area (Å²) in [6.07, 6.45) is 1.37. The molecule has 2 aromatic heterocycles.